The van der Waals surface area contributed by atoms with E-state index in [9.17, 15) is 4.79 Å². The van der Waals surface area contributed by atoms with Gasteiger partial charge in [0.25, 0.3) is 0 Å². The molecule has 0 aromatic carbocycles. The molecule has 2 N–H and O–H groups in total. The first-order valence-corrected chi connectivity index (χ1v) is 7.07. The van der Waals surface area contributed by atoms with Crippen molar-refractivity contribution in [3.8, 4) is 0 Å². The summed E-state index contributed by atoms with van der Waals surface area (Å²) in [7, 11) is 0. The van der Waals surface area contributed by atoms with Crippen LogP contribution in [-0.4, -0.2) is 30.8 Å². The molecule has 0 aliphatic heterocycles. The van der Waals surface area contributed by atoms with Crippen LogP contribution >= 0.6 is 11.3 Å². The lowest BCUT2D eigenvalue weighted by atomic mass is 10.1. The first-order valence-electron chi connectivity index (χ1n) is 6.19. The van der Waals surface area contributed by atoms with Crippen molar-refractivity contribution in [2.45, 2.75) is 26.8 Å². The first kappa shape index (κ1) is 15.1. The average Bonchev–Trinajstić information content (AvgIpc) is 2.75. The van der Waals surface area contributed by atoms with E-state index in [-0.39, 0.29) is 0 Å². The molecule has 0 atom stereocenters. The van der Waals surface area contributed by atoms with Crippen LogP contribution in [0.1, 0.15) is 35.5 Å². The second-order valence-corrected chi connectivity index (χ2v) is 5.47. The Morgan fingerprint density at radius 1 is 1.50 bits per heavy atom. The molecule has 0 saturated heterocycles. The molecule has 0 aliphatic carbocycles. The molecule has 1 rings (SSSR count). The molecular formula is C13H21NO3S. The van der Waals surface area contributed by atoms with Gasteiger partial charge in [0.15, 0.2) is 0 Å². The van der Waals surface area contributed by atoms with Gasteiger partial charge in [-0.25, -0.2) is 4.79 Å². The Morgan fingerprint density at radius 2 is 2.28 bits per heavy atom. The number of aromatic carboxylic acids is 1. The van der Waals surface area contributed by atoms with Gasteiger partial charge in [0.2, 0.25) is 0 Å². The van der Waals surface area contributed by atoms with Gasteiger partial charge >= 0.3 is 5.97 Å². The zero-order chi connectivity index (χ0) is 13.4. The molecule has 0 bridgehead atoms. The predicted molar refractivity (Wildman–Crippen MR) is 73.3 cm³/mol. The average molecular weight is 271 g/mol. The number of carbonyl (C=O) groups is 1. The maximum atomic E-state index is 10.9. The summed E-state index contributed by atoms with van der Waals surface area (Å²) in [5.41, 5.74) is 0.842. The fourth-order valence-electron chi connectivity index (χ4n) is 1.45. The van der Waals surface area contributed by atoms with Crippen LogP contribution in [0.15, 0.2) is 11.4 Å². The van der Waals surface area contributed by atoms with E-state index in [1.165, 1.54) is 11.3 Å². The summed E-state index contributed by atoms with van der Waals surface area (Å²) in [6, 6.07) is 1.85. The molecular weight excluding hydrogens is 250 g/mol. The fraction of sp³-hybridized carbons (Fsp3) is 0.615. The molecule has 1 aromatic heterocycles. The topological polar surface area (TPSA) is 58.6 Å². The van der Waals surface area contributed by atoms with E-state index in [0.717, 1.165) is 25.1 Å². The van der Waals surface area contributed by atoms with E-state index in [4.69, 9.17) is 9.84 Å². The maximum absolute atomic E-state index is 10.9. The van der Waals surface area contributed by atoms with E-state index < -0.39 is 5.97 Å². The molecule has 1 heterocycles. The minimum absolute atomic E-state index is 0.420. The number of hydrogen-bond donors (Lipinski definition) is 2. The summed E-state index contributed by atoms with van der Waals surface area (Å²) in [5, 5.41) is 13.9. The van der Waals surface area contributed by atoms with Crippen LogP contribution in [0.3, 0.4) is 0 Å². The summed E-state index contributed by atoms with van der Waals surface area (Å²) in [4.78, 5) is 11.3. The molecule has 1 aromatic rings. The number of carboxylic acid groups (broad SMARTS) is 1. The third-order valence-corrected chi connectivity index (χ3v) is 3.46. The van der Waals surface area contributed by atoms with Gasteiger partial charge in [0, 0.05) is 19.7 Å². The Labute approximate surface area is 112 Å². The molecule has 0 fully saturated rings. The van der Waals surface area contributed by atoms with Crippen LogP contribution in [0.2, 0.25) is 0 Å². The zero-order valence-electron chi connectivity index (χ0n) is 10.9. The number of nitrogens with one attached hydrogen (secondary N) is 1. The number of thiophene rings is 1. The lowest BCUT2D eigenvalue weighted by Gasteiger charge is -2.07. The molecule has 102 valence electrons. The van der Waals surface area contributed by atoms with Crippen LogP contribution in [0.25, 0.3) is 0 Å². The lowest BCUT2D eigenvalue weighted by Crippen LogP contribution is -2.20. The van der Waals surface area contributed by atoms with Crippen LogP contribution in [0, 0.1) is 5.92 Å². The molecule has 0 saturated carbocycles. The smallest absolute Gasteiger partial charge is 0.346 e. The highest BCUT2D eigenvalue weighted by atomic mass is 32.1. The van der Waals surface area contributed by atoms with Gasteiger partial charge in [0.05, 0.1) is 6.61 Å². The second kappa shape index (κ2) is 8.24. The standard InChI is InChI=1S/C13H21NO3S/c1-10(2)3-6-17-7-5-14-9-11-4-8-18-12(11)13(15)16/h4,8,10,14H,3,5-7,9H2,1-2H3,(H,15,16). The molecule has 5 heteroatoms. The summed E-state index contributed by atoms with van der Waals surface area (Å²) < 4.78 is 5.47. The quantitative estimate of drug-likeness (QED) is 0.678. The molecule has 0 aliphatic rings. The number of hydrogen-bond acceptors (Lipinski definition) is 4. The maximum Gasteiger partial charge on any atom is 0.346 e. The van der Waals surface area contributed by atoms with Gasteiger partial charge in [-0.05, 0) is 29.3 Å². The summed E-state index contributed by atoms with van der Waals surface area (Å²) in [6.45, 7) is 7.13. The Balaban J connectivity index is 2.11. The molecule has 0 radical (unpaired) electrons. The third-order valence-electron chi connectivity index (χ3n) is 2.52. The molecule has 4 nitrogen and oxygen atoms in total. The van der Waals surface area contributed by atoms with Crippen molar-refractivity contribution in [2.24, 2.45) is 5.92 Å². The number of ether oxygens (including phenoxy) is 1. The Kier molecular flexibility index (Phi) is 6.93. The number of rotatable bonds is 9. The monoisotopic (exact) mass is 271 g/mol. The van der Waals surface area contributed by atoms with Gasteiger partial charge in [-0.3, -0.25) is 0 Å². The molecule has 18 heavy (non-hydrogen) atoms. The van der Waals surface area contributed by atoms with Crippen molar-refractivity contribution < 1.29 is 14.6 Å². The van der Waals surface area contributed by atoms with Gasteiger partial charge in [-0.15, -0.1) is 11.3 Å². The third kappa shape index (κ3) is 5.62. The minimum Gasteiger partial charge on any atom is -0.477 e. The Hall–Kier alpha value is -0.910. The van der Waals surface area contributed by atoms with Crippen LogP contribution < -0.4 is 5.32 Å². The normalized spacial score (nSPS) is 11.1. The first-order chi connectivity index (χ1) is 8.61. The molecule has 0 unspecified atom stereocenters. The van der Waals surface area contributed by atoms with E-state index in [1.807, 2.05) is 6.07 Å². The van der Waals surface area contributed by atoms with Crippen molar-refractivity contribution >= 4 is 17.3 Å². The van der Waals surface area contributed by atoms with Crippen LogP contribution in [0.5, 0.6) is 0 Å². The highest BCUT2D eigenvalue weighted by molar-refractivity contribution is 7.12. The van der Waals surface area contributed by atoms with Gasteiger partial charge in [-0.1, -0.05) is 13.8 Å². The lowest BCUT2D eigenvalue weighted by molar-refractivity contribution is 0.0701. The summed E-state index contributed by atoms with van der Waals surface area (Å²) >= 11 is 1.26. The zero-order valence-corrected chi connectivity index (χ0v) is 11.8. The van der Waals surface area contributed by atoms with Crippen molar-refractivity contribution in [2.75, 3.05) is 19.8 Å². The van der Waals surface area contributed by atoms with Crippen molar-refractivity contribution in [1.29, 1.82) is 0 Å². The predicted octanol–water partition coefficient (Wildman–Crippen LogP) is 2.60. The van der Waals surface area contributed by atoms with Crippen molar-refractivity contribution in [3.63, 3.8) is 0 Å². The molecule has 0 amide bonds. The summed E-state index contributed by atoms with van der Waals surface area (Å²) in [6.07, 6.45) is 1.08. The molecule has 0 spiro atoms. The highest BCUT2D eigenvalue weighted by Gasteiger charge is 2.10. The van der Waals surface area contributed by atoms with Gasteiger partial charge in [-0.2, -0.15) is 0 Å². The van der Waals surface area contributed by atoms with Gasteiger partial charge in [0.1, 0.15) is 4.88 Å². The van der Waals surface area contributed by atoms with Crippen LogP contribution in [0.4, 0.5) is 0 Å². The van der Waals surface area contributed by atoms with E-state index >= 15 is 0 Å². The van der Waals surface area contributed by atoms with E-state index in [1.54, 1.807) is 5.38 Å². The van der Waals surface area contributed by atoms with E-state index in [0.29, 0.717) is 23.9 Å². The van der Waals surface area contributed by atoms with E-state index in [2.05, 4.69) is 19.2 Å². The Morgan fingerprint density at radius 3 is 2.94 bits per heavy atom. The number of carboxylic acids is 1. The second-order valence-electron chi connectivity index (χ2n) is 4.55. The minimum atomic E-state index is -0.852. The Bertz CT molecular complexity index is 363. The van der Waals surface area contributed by atoms with Crippen LogP contribution in [-0.2, 0) is 11.3 Å². The highest BCUT2D eigenvalue weighted by Crippen LogP contribution is 2.16. The largest absolute Gasteiger partial charge is 0.477 e. The van der Waals surface area contributed by atoms with Crippen molar-refractivity contribution in [3.05, 3.63) is 21.9 Å². The van der Waals surface area contributed by atoms with Crippen molar-refractivity contribution in [1.82, 2.24) is 5.32 Å². The summed E-state index contributed by atoms with van der Waals surface area (Å²) in [5.74, 6) is -0.183. The SMILES string of the molecule is CC(C)CCOCCNCc1ccsc1C(=O)O. The fourth-order valence-corrected chi connectivity index (χ4v) is 2.21. The van der Waals surface area contributed by atoms with Gasteiger partial charge < -0.3 is 15.2 Å².